The molecule has 3 rings (SSSR count). The summed E-state index contributed by atoms with van der Waals surface area (Å²) in [6.45, 7) is 6.20. The minimum absolute atomic E-state index is 0. The van der Waals surface area contributed by atoms with Crippen LogP contribution in [0.2, 0.25) is 0 Å². The highest BCUT2D eigenvalue weighted by molar-refractivity contribution is 5.85. The Morgan fingerprint density at radius 1 is 1.29 bits per heavy atom. The van der Waals surface area contributed by atoms with Gasteiger partial charge in [0.1, 0.15) is 0 Å². The van der Waals surface area contributed by atoms with Crippen molar-refractivity contribution in [1.82, 2.24) is 20.4 Å². The van der Waals surface area contributed by atoms with E-state index < -0.39 is 0 Å². The smallest absolute Gasteiger partial charge is 0.241 e. The van der Waals surface area contributed by atoms with Gasteiger partial charge in [-0.05, 0) is 64.9 Å². The lowest BCUT2D eigenvalue weighted by atomic mass is 9.93. The number of benzene rings is 1. The van der Waals surface area contributed by atoms with Crippen LogP contribution in [0.25, 0.3) is 11.4 Å². The van der Waals surface area contributed by atoms with Gasteiger partial charge in [0.05, 0.1) is 6.54 Å². The lowest BCUT2D eigenvalue weighted by Crippen LogP contribution is -2.34. The molecule has 2 heterocycles. The van der Waals surface area contributed by atoms with Crippen LogP contribution in [0, 0.1) is 12.8 Å². The quantitative estimate of drug-likeness (QED) is 0.866. The average molecular weight is 351 g/mol. The molecule has 24 heavy (non-hydrogen) atoms. The van der Waals surface area contributed by atoms with E-state index in [0.29, 0.717) is 5.82 Å². The summed E-state index contributed by atoms with van der Waals surface area (Å²) in [5, 5.41) is 7.37. The van der Waals surface area contributed by atoms with Crippen LogP contribution >= 0.6 is 12.4 Å². The van der Waals surface area contributed by atoms with Crippen molar-refractivity contribution in [2.75, 3.05) is 26.7 Å². The van der Waals surface area contributed by atoms with E-state index in [4.69, 9.17) is 4.52 Å². The van der Waals surface area contributed by atoms with Gasteiger partial charge in [-0.3, -0.25) is 4.90 Å². The van der Waals surface area contributed by atoms with Gasteiger partial charge in [0.15, 0.2) is 0 Å². The number of aromatic nitrogens is 2. The number of nitrogens with zero attached hydrogens (tertiary/aromatic N) is 3. The molecule has 5 nitrogen and oxygen atoms in total. The fourth-order valence-electron chi connectivity index (χ4n) is 3.19. The molecule has 1 aromatic carbocycles. The number of piperidine rings is 1. The molecule has 132 valence electrons. The Morgan fingerprint density at radius 2 is 2.08 bits per heavy atom. The number of rotatable bonds is 6. The number of hydrogen-bond donors (Lipinski definition) is 1. The van der Waals surface area contributed by atoms with E-state index in [2.05, 4.69) is 39.4 Å². The normalized spacial score (nSPS) is 16.1. The highest BCUT2D eigenvalue weighted by atomic mass is 35.5. The number of likely N-dealkylation sites (tertiary alicyclic amines) is 1. The second kappa shape index (κ2) is 9.16. The minimum atomic E-state index is 0. The first kappa shape index (κ1) is 18.9. The monoisotopic (exact) mass is 350 g/mol. The molecule has 1 saturated heterocycles. The minimum Gasteiger partial charge on any atom is -0.338 e. The summed E-state index contributed by atoms with van der Waals surface area (Å²) in [4.78, 5) is 6.97. The van der Waals surface area contributed by atoms with Crippen molar-refractivity contribution >= 4 is 12.4 Å². The second-order valence-electron chi connectivity index (χ2n) is 6.49. The SMILES string of the molecule is CNCCC1CCN(Cc2nc(-c3cccc(C)c3)no2)CC1.Cl. The molecule has 1 fully saturated rings. The first-order chi connectivity index (χ1) is 11.2. The summed E-state index contributed by atoms with van der Waals surface area (Å²) >= 11 is 0. The number of nitrogens with one attached hydrogen (secondary N) is 1. The van der Waals surface area contributed by atoms with Crippen molar-refractivity contribution in [1.29, 1.82) is 0 Å². The number of aryl methyl sites for hydroxylation is 1. The summed E-state index contributed by atoms with van der Waals surface area (Å²) in [5.74, 6) is 2.26. The summed E-state index contributed by atoms with van der Waals surface area (Å²) in [6.07, 6.45) is 3.81. The summed E-state index contributed by atoms with van der Waals surface area (Å²) < 4.78 is 5.44. The molecule has 2 aromatic rings. The molecule has 1 aliphatic heterocycles. The highest BCUT2D eigenvalue weighted by Gasteiger charge is 2.20. The van der Waals surface area contributed by atoms with Crippen molar-refractivity contribution in [2.45, 2.75) is 32.7 Å². The van der Waals surface area contributed by atoms with Crippen LogP contribution in [0.4, 0.5) is 0 Å². The van der Waals surface area contributed by atoms with Gasteiger partial charge < -0.3 is 9.84 Å². The van der Waals surface area contributed by atoms with Crippen molar-refractivity contribution in [3.05, 3.63) is 35.7 Å². The molecule has 0 amide bonds. The van der Waals surface area contributed by atoms with Crippen LogP contribution in [0.3, 0.4) is 0 Å². The van der Waals surface area contributed by atoms with E-state index in [1.165, 1.54) is 24.8 Å². The maximum absolute atomic E-state index is 5.44. The third-order valence-corrected chi connectivity index (χ3v) is 4.61. The van der Waals surface area contributed by atoms with Gasteiger partial charge in [-0.2, -0.15) is 4.98 Å². The van der Waals surface area contributed by atoms with Gasteiger partial charge in [-0.15, -0.1) is 12.4 Å². The first-order valence-corrected chi connectivity index (χ1v) is 8.51. The van der Waals surface area contributed by atoms with Crippen LogP contribution in [0.15, 0.2) is 28.8 Å². The molecule has 0 radical (unpaired) electrons. The van der Waals surface area contributed by atoms with E-state index in [-0.39, 0.29) is 12.4 Å². The van der Waals surface area contributed by atoms with Crippen LogP contribution in [-0.2, 0) is 6.54 Å². The molecule has 0 unspecified atom stereocenters. The van der Waals surface area contributed by atoms with E-state index in [0.717, 1.165) is 43.6 Å². The lowest BCUT2D eigenvalue weighted by Gasteiger charge is -2.30. The predicted octanol–water partition coefficient (Wildman–Crippen LogP) is 3.29. The van der Waals surface area contributed by atoms with E-state index in [9.17, 15) is 0 Å². The lowest BCUT2D eigenvalue weighted by molar-refractivity contribution is 0.155. The maximum atomic E-state index is 5.44. The van der Waals surface area contributed by atoms with Crippen molar-refractivity contribution in [3.8, 4) is 11.4 Å². The molecule has 0 saturated carbocycles. The molecule has 0 spiro atoms. The standard InChI is InChI=1S/C18H26N4O.ClH/c1-14-4-3-5-16(12-14)18-20-17(23-21-18)13-22-10-7-15(8-11-22)6-9-19-2;/h3-5,12,15,19H,6-11,13H2,1-2H3;1H. The van der Waals surface area contributed by atoms with Crippen LogP contribution in [-0.4, -0.2) is 41.7 Å². The molecular formula is C18H27ClN4O. The Morgan fingerprint density at radius 3 is 2.79 bits per heavy atom. The second-order valence-corrected chi connectivity index (χ2v) is 6.49. The summed E-state index contributed by atoms with van der Waals surface area (Å²) in [5.41, 5.74) is 2.23. The molecule has 0 bridgehead atoms. The van der Waals surface area contributed by atoms with E-state index >= 15 is 0 Å². The largest absolute Gasteiger partial charge is 0.338 e. The number of halogens is 1. The molecular weight excluding hydrogens is 324 g/mol. The molecule has 6 heteroatoms. The zero-order valence-corrected chi connectivity index (χ0v) is 15.3. The zero-order chi connectivity index (χ0) is 16.1. The van der Waals surface area contributed by atoms with Gasteiger partial charge >= 0.3 is 0 Å². The molecule has 1 aromatic heterocycles. The van der Waals surface area contributed by atoms with Crippen molar-refractivity contribution in [2.24, 2.45) is 5.92 Å². The Kier molecular flexibility index (Phi) is 7.21. The number of hydrogen-bond acceptors (Lipinski definition) is 5. The highest BCUT2D eigenvalue weighted by Crippen LogP contribution is 2.22. The Balaban J connectivity index is 0.00000208. The molecule has 0 aliphatic carbocycles. The Bertz CT molecular complexity index is 623. The first-order valence-electron chi connectivity index (χ1n) is 8.51. The topological polar surface area (TPSA) is 54.2 Å². The average Bonchev–Trinajstić information content (AvgIpc) is 3.03. The van der Waals surface area contributed by atoms with Crippen molar-refractivity contribution in [3.63, 3.8) is 0 Å². The maximum Gasteiger partial charge on any atom is 0.241 e. The Labute approximate surface area is 150 Å². The predicted molar refractivity (Wildman–Crippen MR) is 98.3 cm³/mol. The fraction of sp³-hybridized carbons (Fsp3) is 0.556. The van der Waals surface area contributed by atoms with Crippen LogP contribution < -0.4 is 5.32 Å². The molecule has 0 atom stereocenters. The van der Waals surface area contributed by atoms with Crippen molar-refractivity contribution < 1.29 is 4.52 Å². The van der Waals surface area contributed by atoms with Gasteiger partial charge in [0.2, 0.25) is 11.7 Å². The fourth-order valence-corrected chi connectivity index (χ4v) is 3.19. The third-order valence-electron chi connectivity index (χ3n) is 4.61. The molecule has 1 aliphatic rings. The van der Waals surface area contributed by atoms with Gasteiger partial charge in [-0.1, -0.05) is 28.9 Å². The van der Waals surface area contributed by atoms with Crippen LogP contribution in [0.5, 0.6) is 0 Å². The van der Waals surface area contributed by atoms with Gasteiger partial charge in [0, 0.05) is 5.56 Å². The Hall–Kier alpha value is -1.43. The summed E-state index contributed by atoms with van der Waals surface area (Å²) in [7, 11) is 2.02. The third kappa shape index (κ3) is 5.03. The van der Waals surface area contributed by atoms with Crippen LogP contribution in [0.1, 0.15) is 30.7 Å². The zero-order valence-electron chi connectivity index (χ0n) is 14.5. The molecule has 1 N–H and O–H groups in total. The van der Waals surface area contributed by atoms with E-state index in [1.807, 2.05) is 19.2 Å². The van der Waals surface area contributed by atoms with E-state index in [1.54, 1.807) is 0 Å². The van der Waals surface area contributed by atoms with Gasteiger partial charge in [-0.25, -0.2) is 0 Å². The van der Waals surface area contributed by atoms with Gasteiger partial charge in [0.25, 0.3) is 0 Å². The summed E-state index contributed by atoms with van der Waals surface area (Å²) in [6, 6.07) is 8.20.